The number of carbonyl (C=O) groups excluding carboxylic acids is 1. The number of H-pyrrole nitrogens is 1. The number of hydrogen-bond acceptors (Lipinski definition) is 5. The van der Waals surface area contributed by atoms with E-state index >= 15 is 0 Å². The number of nitrogens with one attached hydrogen (secondary N) is 2. The summed E-state index contributed by atoms with van der Waals surface area (Å²) in [4.78, 5) is 16.1. The first-order valence-electron chi connectivity index (χ1n) is 6.26. The predicted molar refractivity (Wildman–Crippen MR) is 69.9 cm³/mol. The van der Waals surface area contributed by atoms with Crippen LogP contribution in [0.15, 0.2) is 30.6 Å². The maximum Gasteiger partial charge on any atom is 0.251 e. The highest BCUT2D eigenvalue weighted by molar-refractivity contribution is 5.94. The third-order valence-corrected chi connectivity index (χ3v) is 3.20. The van der Waals surface area contributed by atoms with Gasteiger partial charge in [-0.2, -0.15) is 5.10 Å². The van der Waals surface area contributed by atoms with Crippen molar-refractivity contribution in [1.29, 1.82) is 0 Å². The average Bonchev–Trinajstić information content (AvgIpc) is 3.12. The first kappa shape index (κ1) is 12.8. The maximum absolute atomic E-state index is 12.0. The lowest BCUT2D eigenvalue weighted by molar-refractivity contribution is 0.0886. The Bertz CT molecular complexity index is 582. The number of amides is 1. The Morgan fingerprint density at radius 3 is 2.75 bits per heavy atom. The molecule has 3 rings (SSSR count). The molecule has 7 heteroatoms. The Morgan fingerprint density at radius 2 is 2.15 bits per heavy atom. The van der Waals surface area contributed by atoms with Crippen LogP contribution in [0.4, 0.5) is 0 Å². The molecule has 7 nitrogen and oxygen atoms in total. The number of ether oxygens (including phenoxy) is 1. The number of carbonyl (C=O) groups is 1. The molecule has 20 heavy (non-hydrogen) atoms. The van der Waals surface area contributed by atoms with E-state index in [2.05, 4.69) is 20.5 Å². The molecule has 2 atom stereocenters. The van der Waals surface area contributed by atoms with Crippen LogP contribution in [-0.2, 0) is 4.74 Å². The van der Waals surface area contributed by atoms with Crippen LogP contribution in [-0.4, -0.2) is 51.6 Å². The lowest BCUT2D eigenvalue weighted by Gasteiger charge is -2.14. The number of aromatic amines is 1. The van der Waals surface area contributed by atoms with Gasteiger partial charge in [-0.05, 0) is 12.1 Å². The van der Waals surface area contributed by atoms with E-state index in [-0.39, 0.29) is 18.6 Å². The van der Waals surface area contributed by atoms with Gasteiger partial charge in [0.1, 0.15) is 6.33 Å². The van der Waals surface area contributed by atoms with Crippen molar-refractivity contribution in [3.05, 3.63) is 36.2 Å². The van der Waals surface area contributed by atoms with Crippen LogP contribution in [0.1, 0.15) is 10.4 Å². The molecule has 1 aliphatic rings. The highest BCUT2D eigenvalue weighted by Gasteiger charge is 2.27. The van der Waals surface area contributed by atoms with Crippen molar-refractivity contribution in [2.24, 2.45) is 0 Å². The molecule has 0 radical (unpaired) electrons. The van der Waals surface area contributed by atoms with E-state index in [0.717, 1.165) is 5.56 Å². The molecule has 0 unspecified atom stereocenters. The van der Waals surface area contributed by atoms with Gasteiger partial charge in [0.05, 0.1) is 25.4 Å². The highest BCUT2D eigenvalue weighted by Crippen LogP contribution is 2.15. The van der Waals surface area contributed by atoms with Gasteiger partial charge in [-0.25, -0.2) is 4.98 Å². The summed E-state index contributed by atoms with van der Waals surface area (Å²) in [5.41, 5.74) is 1.37. The summed E-state index contributed by atoms with van der Waals surface area (Å²) in [7, 11) is 0. The van der Waals surface area contributed by atoms with Gasteiger partial charge in [0, 0.05) is 11.1 Å². The second-order valence-corrected chi connectivity index (χ2v) is 4.60. The number of nitrogens with zero attached hydrogens (tertiary/aromatic N) is 2. The van der Waals surface area contributed by atoms with Gasteiger partial charge in [0.15, 0.2) is 5.82 Å². The first-order valence-corrected chi connectivity index (χ1v) is 6.26. The molecule has 2 heterocycles. The van der Waals surface area contributed by atoms with Crippen molar-refractivity contribution in [3.63, 3.8) is 0 Å². The molecule has 1 fully saturated rings. The Balaban J connectivity index is 1.69. The van der Waals surface area contributed by atoms with Gasteiger partial charge >= 0.3 is 0 Å². The van der Waals surface area contributed by atoms with E-state index < -0.39 is 6.10 Å². The van der Waals surface area contributed by atoms with Crippen molar-refractivity contribution < 1.29 is 14.6 Å². The third-order valence-electron chi connectivity index (χ3n) is 3.20. The number of aliphatic hydroxyl groups is 1. The summed E-state index contributed by atoms with van der Waals surface area (Å²) in [6, 6.07) is 6.63. The Kier molecular flexibility index (Phi) is 3.44. The quantitative estimate of drug-likeness (QED) is 0.729. The molecule has 3 N–H and O–H groups in total. The van der Waals surface area contributed by atoms with Crippen LogP contribution < -0.4 is 5.32 Å². The van der Waals surface area contributed by atoms with Gasteiger partial charge in [0.2, 0.25) is 0 Å². The highest BCUT2D eigenvalue weighted by atomic mass is 16.5. The van der Waals surface area contributed by atoms with Gasteiger partial charge in [-0.3, -0.25) is 9.89 Å². The van der Waals surface area contributed by atoms with Crippen LogP contribution in [0.25, 0.3) is 11.4 Å². The van der Waals surface area contributed by atoms with Crippen LogP contribution in [0.3, 0.4) is 0 Å². The number of benzene rings is 1. The van der Waals surface area contributed by atoms with Crippen molar-refractivity contribution in [2.75, 3.05) is 13.2 Å². The molecule has 0 spiro atoms. The van der Waals surface area contributed by atoms with Crippen LogP contribution in [0, 0.1) is 0 Å². The zero-order valence-electron chi connectivity index (χ0n) is 10.6. The second-order valence-electron chi connectivity index (χ2n) is 4.60. The summed E-state index contributed by atoms with van der Waals surface area (Å²) >= 11 is 0. The van der Waals surface area contributed by atoms with Gasteiger partial charge in [-0.15, -0.1) is 0 Å². The molecule has 0 bridgehead atoms. The molecule has 1 aromatic carbocycles. The minimum absolute atomic E-state index is 0.233. The Labute approximate surface area is 115 Å². The van der Waals surface area contributed by atoms with E-state index in [0.29, 0.717) is 18.0 Å². The molecule has 1 saturated heterocycles. The van der Waals surface area contributed by atoms with Gasteiger partial charge < -0.3 is 15.2 Å². The average molecular weight is 274 g/mol. The summed E-state index contributed by atoms with van der Waals surface area (Å²) < 4.78 is 5.09. The zero-order valence-corrected chi connectivity index (χ0v) is 10.6. The molecular weight excluding hydrogens is 260 g/mol. The molecule has 104 valence electrons. The molecule has 1 amide bonds. The molecule has 1 aromatic heterocycles. The van der Waals surface area contributed by atoms with E-state index in [1.54, 1.807) is 24.3 Å². The van der Waals surface area contributed by atoms with Gasteiger partial charge in [-0.1, -0.05) is 12.1 Å². The number of hydrogen-bond donors (Lipinski definition) is 3. The fourth-order valence-corrected chi connectivity index (χ4v) is 2.06. The second kappa shape index (κ2) is 5.40. The molecule has 0 saturated carbocycles. The molecule has 0 aliphatic carbocycles. The lowest BCUT2D eigenvalue weighted by atomic mass is 10.1. The fourth-order valence-electron chi connectivity index (χ4n) is 2.06. The zero-order chi connectivity index (χ0) is 13.9. The Morgan fingerprint density at radius 1 is 1.35 bits per heavy atom. The standard InChI is InChI=1S/C13H14N4O3/c18-11-6-20-5-10(11)16-13(19)9-3-1-8(2-4-9)12-14-7-15-17-12/h1-4,7,10-11,18H,5-6H2,(H,16,19)(H,14,15,17)/t10-,11-/m0/s1. The normalized spacial score (nSPS) is 21.9. The minimum atomic E-state index is -0.646. The van der Waals surface area contributed by atoms with Crippen molar-refractivity contribution >= 4 is 5.91 Å². The Hall–Kier alpha value is -2.25. The molecular formula is C13H14N4O3. The van der Waals surface area contributed by atoms with E-state index in [1.165, 1.54) is 6.33 Å². The largest absolute Gasteiger partial charge is 0.388 e. The third kappa shape index (κ3) is 2.54. The van der Waals surface area contributed by atoms with E-state index in [4.69, 9.17) is 4.74 Å². The van der Waals surface area contributed by atoms with Crippen LogP contribution in [0.2, 0.25) is 0 Å². The number of aliphatic hydroxyl groups excluding tert-OH is 1. The van der Waals surface area contributed by atoms with Crippen LogP contribution >= 0.6 is 0 Å². The molecule has 1 aliphatic heterocycles. The van der Waals surface area contributed by atoms with Gasteiger partial charge in [0.25, 0.3) is 5.91 Å². The summed E-state index contributed by atoms with van der Waals surface area (Å²) in [6.45, 7) is 0.596. The van der Waals surface area contributed by atoms with Crippen molar-refractivity contribution in [2.45, 2.75) is 12.1 Å². The van der Waals surface area contributed by atoms with Crippen molar-refractivity contribution in [1.82, 2.24) is 20.5 Å². The SMILES string of the molecule is O=C(N[C@H]1COC[C@@H]1O)c1ccc(-c2ncn[nH]2)cc1. The smallest absolute Gasteiger partial charge is 0.251 e. The minimum Gasteiger partial charge on any atom is -0.388 e. The van der Waals surface area contributed by atoms with E-state index in [1.807, 2.05) is 0 Å². The molecule has 2 aromatic rings. The number of rotatable bonds is 3. The summed E-state index contributed by atoms with van der Waals surface area (Å²) in [5, 5.41) is 18.9. The van der Waals surface area contributed by atoms with E-state index in [9.17, 15) is 9.90 Å². The monoisotopic (exact) mass is 274 g/mol. The van der Waals surface area contributed by atoms with Crippen molar-refractivity contribution in [3.8, 4) is 11.4 Å². The lowest BCUT2D eigenvalue weighted by Crippen LogP contribution is -2.42. The number of aromatic nitrogens is 3. The fraction of sp³-hybridized carbons (Fsp3) is 0.308. The van der Waals surface area contributed by atoms with Crippen LogP contribution in [0.5, 0.6) is 0 Å². The summed E-state index contributed by atoms with van der Waals surface area (Å²) in [6.07, 6.45) is 0.782. The topological polar surface area (TPSA) is 100 Å². The maximum atomic E-state index is 12.0. The first-order chi connectivity index (χ1) is 9.74. The summed E-state index contributed by atoms with van der Waals surface area (Å²) in [5.74, 6) is 0.417. The predicted octanol–water partition coefficient (Wildman–Crippen LogP) is -0.0388.